The summed E-state index contributed by atoms with van der Waals surface area (Å²) in [6, 6.07) is 14.3. The van der Waals surface area contributed by atoms with Crippen molar-refractivity contribution in [2.75, 3.05) is 19.7 Å². The first-order chi connectivity index (χ1) is 14.6. The molecule has 1 heterocycles. The zero-order valence-electron chi connectivity index (χ0n) is 17.8. The van der Waals surface area contributed by atoms with E-state index in [1.54, 1.807) is 12.1 Å². The van der Waals surface area contributed by atoms with Crippen LogP contribution >= 0.6 is 0 Å². The molecule has 2 amide bonds. The van der Waals surface area contributed by atoms with E-state index >= 15 is 0 Å². The van der Waals surface area contributed by atoms with Crippen LogP contribution in [0.4, 0.5) is 18.0 Å². The summed E-state index contributed by atoms with van der Waals surface area (Å²) < 4.78 is 41.2. The third kappa shape index (κ3) is 6.89. The van der Waals surface area contributed by atoms with Gasteiger partial charge in [-0.2, -0.15) is 13.2 Å². The smallest absolute Gasteiger partial charge is 0.422 e. The maximum atomic E-state index is 12.2. The molecule has 168 valence electrons. The summed E-state index contributed by atoms with van der Waals surface area (Å²) >= 11 is 0. The summed E-state index contributed by atoms with van der Waals surface area (Å²) in [4.78, 5) is 14.6. The van der Waals surface area contributed by atoms with Crippen molar-refractivity contribution >= 4 is 6.03 Å². The van der Waals surface area contributed by atoms with Crippen LogP contribution in [0.5, 0.6) is 5.75 Å². The van der Waals surface area contributed by atoms with Crippen LogP contribution in [0, 0.1) is 0 Å². The number of nitrogens with zero attached hydrogens (tertiary/aromatic N) is 1. The second kappa shape index (κ2) is 9.60. The van der Waals surface area contributed by atoms with Gasteiger partial charge < -0.3 is 15.4 Å². The number of amides is 2. The lowest BCUT2D eigenvalue weighted by atomic mass is 9.94. The van der Waals surface area contributed by atoms with E-state index in [9.17, 15) is 18.0 Å². The molecule has 1 aliphatic rings. The van der Waals surface area contributed by atoms with E-state index in [2.05, 4.69) is 58.4 Å². The van der Waals surface area contributed by atoms with Gasteiger partial charge in [-0.3, -0.25) is 4.90 Å². The summed E-state index contributed by atoms with van der Waals surface area (Å²) in [5.41, 5.74) is 3.27. The Morgan fingerprint density at radius 1 is 1.03 bits per heavy atom. The number of halogens is 3. The van der Waals surface area contributed by atoms with Crippen LogP contribution < -0.4 is 15.4 Å². The van der Waals surface area contributed by atoms with E-state index in [1.807, 2.05) is 0 Å². The molecule has 8 heteroatoms. The van der Waals surface area contributed by atoms with Gasteiger partial charge in [-0.1, -0.05) is 36.4 Å². The van der Waals surface area contributed by atoms with Crippen LogP contribution in [0.25, 0.3) is 0 Å². The maximum absolute atomic E-state index is 12.2. The highest BCUT2D eigenvalue weighted by Gasteiger charge is 2.30. The molecule has 0 saturated heterocycles. The first kappa shape index (κ1) is 22.9. The fraction of sp³-hybridized carbons (Fsp3) is 0.435. The van der Waals surface area contributed by atoms with Crippen molar-refractivity contribution < 1.29 is 22.7 Å². The Kier molecular flexibility index (Phi) is 7.10. The average Bonchev–Trinajstić information content (AvgIpc) is 2.74. The molecule has 0 aliphatic carbocycles. The minimum absolute atomic E-state index is 0.135. The van der Waals surface area contributed by atoms with Gasteiger partial charge in [0.05, 0.1) is 0 Å². The predicted octanol–water partition coefficient (Wildman–Crippen LogP) is 4.26. The number of benzene rings is 2. The van der Waals surface area contributed by atoms with Crippen molar-refractivity contribution in [2.45, 2.75) is 45.1 Å². The van der Waals surface area contributed by atoms with Gasteiger partial charge in [0.1, 0.15) is 5.75 Å². The number of hydrogen-bond acceptors (Lipinski definition) is 3. The highest BCUT2D eigenvalue weighted by molar-refractivity contribution is 5.73. The van der Waals surface area contributed by atoms with Gasteiger partial charge in [0.25, 0.3) is 0 Å². The van der Waals surface area contributed by atoms with Crippen LogP contribution in [0.1, 0.15) is 30.5 Å². The summed E-state index contributed by atoms with van der Waals surface area (Å²) in [5.74, 6) is 0.135. The molecule has 0 unspecified atom stereocenters. The molecule has 0 radical (unpaired) electrons. The number of rotatable bonds is 7. The van der Waals surface area contributed by atoms with Crippen LogP contribution in [-0.2, 0) is 19.5 Å². The third-order valence-electron chi connectivity index (χ3n) is 5.45. The Morgan fingerprint density at radius 2 is 1.71 bits per heavy atom. The topological polar surface area (TPSA) is 53.6 Å². The van der Waals surface area contributed by atoms with Crippen LogP contribution in [0.3, 0.4) is 0 Å². The average molecular weight is 435 g/mol. The van der Waals surface area contributed by atoms with E-state index in [1.165, 1.54) is 23.3 Å². The second-order valence-electron chi connectivity index (χ2n) is 8.34. The lowest BCUT2D eigenvalue weighted by Gasteiger charge is -2.41. The van der Waals surface area contributed by atoms with Crippen molar-refractivity contribution in [3.05, 3.63) is 65.2 Å². The highest BCUT2D eigenvalue weighted by Crippen LogP contribution is 2.25. The molecular weight excluding hydrogens is 407 g/mol. The SMILES string of the molecule is CC(C)(CNC(=O)NCc1ccc(OCC(F)(F)F)cc1)N1CCc2ccccc2C1. The number of carbonyl (C=O) groups excluding carboxylic acids is 1. The number of alkyl halides is 3. The van der Waals surface area contributed by atoms with Gasteiger partial charge in [0.2, 0.25) is 0 Å². The van der Waals surface area contributed by atoms with E-state index in [0.717, 1.165) is 25.1 Å². The maximum Gasteiger partial charge on any atom is 0.422 e. The Hall–Kier alpha value is -2.74. The first-order valence-corrected chi connectivity index (χ1v) is 10.2. The van der Waals surface area contributed by atoms with Gasteiger partial charge in [-0.25, -0.2) is 4.79 Å². The van der Waals surface area contributed by atoms with E-state index in [0.29, 0.717) is 6.54 Å². The van der Waals surface area contributed by atoms with Gasteiger partial charge in [0, 0.05) is 31.7 Å². The quantitative estimate of drug-likeness (QED) is 0.683. The van der Waals surface area contributed by atoms with Crippen molar-refractivity contribution in [3.63, 3.8) is 0 Å². The molecule has 0 atom stereocenters. The Balaban J connectivity index is 1.42. The Morgan fingerprint density at radius 3 is 2.39 bits per heavy atom. The molecule has 5 nitrogen and oxygen atoms in total. The van der Waals surface area contributed by atoms with Crippen molar-refractivity contribution in [1.82, 2.24) is 15.5 Å². The Bertz CT molecular complexity index is 882. The lowest BCUT2D eigenvalue weighted by Crippen LogP contribution is -2.54. The highest BCUT2D eigenvalue weighted by atomic mass is 19.4. The molecule has 2 N–H and O–H groups in total. The number of nitrogens with one attached hydrogen (secondary N) is 2. The van der Waals surface area contributed by atoms with Crippen molar-refractivity contribution in [3.8, 4) is 5.75 Å². The molecule has 0 aromatic heterocycles. The summed E-state index contributed by atoms with van der Waals surface area (Å²) in [5, 5.41) is 5.70. The number of carbonyl (C=O) groups is 1. The van der Waals surface area contributed by atoms with Gasteiger partial charge in [-0.15, -0.1) is 0 Å². The molecule has 0 fully saturated rings. The van der Waals surface area contributed by atoms with Crippen molar-refractivity contribution in [1.29, 1.82) is 0 Å². The largest absolute Gasteiger partial charge is 0.484 e. The zero-order chi connectivity index (χ0) is 22.5. The fourth-order valence-corrected chi connectivity index (χ4v) is 3.53. The minimum atomic E-state index is -4.37. The normalized spacial score (nSPS) is 14.6. The first-order valence-electron chi connectivity index (χ1n) is 10.2. The second-order valence-corrected chi connectivity index (χ2v) is 8.34. The monoisotopic (exact) mass is 435 g/mol. The summed E-state index contributed by atoms with van der Waals surface area (Å²) in [7, 11) is 0. The van der Waals surface area contributed by atoms with Gasteiger partial charge >= 0.3 is 12.2 Å². The number of fused-ring (bicyclic) bond motifs is 1. The Labute approximate surface area is 180 Å². The molecule has 0 bridgehead atoms. The predicted molar refractivity (Wildman–Crippen MR) is 113 cm³/mol. The number of urea groups is 1. The van der Waals surface area contributed by atoms with E-state index in [-0.39, 0.29) is 23.9 Å². The third-order valence-corrected chi connectivity index (χ3v) is 5.45. The van der Waals surface area contributed by atoms with E-state index in [4.69, 9.17) is 0 Å². The van der Waals surface area contributed by atoms with Gasteiger partial charge in [-0.05, 0) is 49.1 Å². The summed E-state index contributed by atoms with van der Waals surface area (Å²) in [6.07, 6.45) is -3.38. The van der Waals surface area contributed by atoms with Crippen LogP contribution in [0.15, 0.2) is 48.5 Å². The van der Waals surface area contributed by atoms with Crippen LogP contribution in [-0.4, -0.2) is 42.3 Å². The molecule has 1 aliphatic heterocycles. The number of ether oxygens (including phenoxy) is 1. The van der Waals surface area contributed by atoms with Crippen molar-refractivity contribution in [2.24, 2.45) is 0 Å². The fourth-order valence-electron chi connectivity index (χ4n) is 3.53. The molecule has 2 aromatic rings. The van der Waals surface area contributed by atoms with Crippen LogP contribution in [0.2, 0.25) is 0 Å². The molecular formula is C23H28F3N3O2. The minimum Gasteiger partial charge on any atom is -0.484 e. The molecule has 0 saturated carbocycles. The zero-order valence-corrected chi connectivity index (χ0v) is 17.8. The molecule has 31 heavy (non-hydrogen) atoms. The van der Waals surface area contributed by atoms with Gasteiger partial charge in [0.15, 0.2) is 6.61 Å². The molecule has 3 rings (SSSR count). The lowest BCUT2D eigenvalue weighted by molar-refractivity contribution is -0.153. The number of hydrogen-bond donors (Lipinski definition) is 2. The summed E-state index contributed by atoms with van der Waals surface area (Å²) in [6.45, 7) is 5.45. The van der Waals surface area contributed by atoms with E-state index < -0.39 is 12.8 Å². The molecule has 2 aromatic carbocycles. The standard InChI is InChI=1S/C23H28F3N3O2/c1-22(2,29-12-11-18-5-3-4-6-19(18)14-29)15-28-21(30)27-13-17-7-9-20(10-8-17)31-16-23(24,25)26/h3-10H,11-16H2,1-2H3,(H2,27,28,30). The molecule has 0 spiro atoms.